The largest absolute Gasteiger partial charge is 0.490 e. The zero-order valence-electron chi connectivity index (χ0n) is 21.7. The van der Waals surface area contributed by atoms with Crippen LogP contribution in [0.4, 0.5) is 38.0 Å². The number of nitrogens with zero attached hydrogens (tertiary/aromatic N) is 4. The number of hydrogen-bond donors (Lipinski definition) is 3. The third-order valence-corrected chi connectivity index (χ3v) is 7.18. The normalized spacial score (nSPS) is 11.5. The van der Waals surface area contributed by atoms with Crippen LogP contribution >= 0.6 is 11.6 Å². The summed E-state index contributed by atoms with van der Waals surface area (Å²) in [6.45, 7) is 0. The van der Waals surface area contributed by atoms with Gasteiger partial charge in [0.1, 0.15) is 11.6 Å². The van der Waals surface area contributed by atoms with Crippen molar-refractivity contribution in [1.29, 1.82) is 0 Å². The van der Waals surface area contributed by atoms with Gasteiger partial charge in [0.05, 0.1) is 21.1 Å². The number of aromatic nitrogens is 3. The minimum absolute atomic E-state index is 0.0745. The molecule has 4 N–H and O–H groups in total. The second kappa shape index (κ2) is 13.6. The Morgan fingerprint density at radius 3 is 1.95 bits per heavy atom. The number of sulfonamides is 1. The second-order valence-corrected chi connectivity index (χ2v) is 10.4. The van der Waals surface area contributed by atoms with Crippen LogP contribution in [-0.2, 0) is 19.6 Å². The molecule has 4 aromatic rings. The Kier molecular flexibility index (Phi) is 10.9. The number of nitrogen functional groups attached to an aromatic ring is 1. The van der Waals surface area contributed by atoms with E-state index >= 15 is 0 Å². The highest BCUT2D eigenvalue weighted by Gasteiger charge is 2.38. The molecule has 0 fully saturated rings. The lowest BCUT2D eigenvalue weighted by atomic mass is 10.2. The first kappa shape index (κ1) is 35.3. The Balaban J connectivity index is 0.000000402. The van der Waals surface area contributed by atoms with E-state index in [4.69, 9.17) is 37.1 Å². The number of halogens is 7. The third kappa shape index (κ3) is 8.57. The molecule has 12 nitrogen and oxygen atoms in total. The maximum atomic E-state index is 13.1. The first-order valence-electron chi connectivity index (χ1n) is 11.3. The van der Waals surface area contributed by atoms with E-state index in [2.05, 4.69) is 9.97 Å². The molecule has 0 radical (unpaired) electrons. The molecule has 0 unspecified atom stereocenters. The average molecular weight is 670 g/mol. The minimum atomic E-state index is -5.08. The molecule has 0 spiro atoms. The van der Waals surface area contributed by atoms with Crippen molar-refractivity contribution < 1.29 is 54.6 Å². The van der Waals surface area contributed by atoms with Gasteiger partial charge >= 0.3 is 30.0 Å². The number of para-hydroxylation sites is 1. The molecule has 4 rings (SSSR count). The van der Waals surface area contributed by atoms with Gasteiger partial charge in [0.15, 0.2) is 0 Å². The fourth-order valence-corrected chi connectivity index (χ4v) is 4.42. The summed E-state index contributed by atoms with van der Waals surface area (Å²) in [6, 6.07) is 15.9. The van der Waals surface area contributed by atoms with Crippen LogP contribution in [0, 0.1) is 0 Å². The molecule has 20 heteroatoms. The first-order valence-corrected chi connectivity index (χ1v) is 13.1. The van der Waals surface area contributed by atoms with E-state index in [1.807, 2.05) is 0 Å². The molecule has 0 saturated heterocycles. The van der Waals surface area contributed by atoms with E-state index in [9.17, 15) is 39.6 Å². The zero-order chi connectivity index (χ0) is 33.6. The van der Waals surface area contributed by atoms with Gasteiger partial charge in [-0.1, -0.05) is 29.8 Å². The number of aliphatic carboxylic acids is 2. The average Bonchev–Trinajstić information content (AvgIpc) is 2.93. The van der Waals surface area contributed by atoms with E-state index in [0.29, 0.717) is 10.9 Å². The van der Waals surface area contributed by atoms with Crippen molar-refractivity contribution in [2.24, 2.45) is 0 Å². The van der Waals surface area contributed by atoms with E-state index < -0.39 is 40.0 Å². The number of fused-ring (bicyclic) bond motifs is 1. The summed E-state index contributed by atoms with van der Waals surface area (Å²) in [5.74, 6) is -5.15. The van der Waals surface area contributed by atoms with Crippen molar-refractivity contribution in [2.75, 3.05) is 17.1 Å². The van der Waals surface area contributed by atoms with Gasteiger partial charge in [-0.25, -0.2) is 32.4 Å². The zero-order valence-corrected chi connectivity index (χ0v) is 23.3. The van der Waals surface area contributed by atoms with Crippen LogP contribution < -0.4 is 15.7 Å². The van der Waals surface area contributed by atoms with Crippen LogP contribution in [0.5, 0.6) is 0 Å². The smallest absolute Gasteiger partial charge is 0.475 e. The summed E-state index contributed by atoms with van der Waals surface area (Å²) >= 11 is 6.31. The maximum Gasteiger partial charge on any atom is 0.490 e. The molecule has 0 aliphatic rings. The molecule has 0 aliphatic heterocycles. The Morgan fingerprint density at radius 2 is 1.45 bits per heavy atom. The second-order valence-electron chi connectivity index (χ2n) is 8.01. The molecule has 2 heterocycles. The fourth-order valence-electron chi connectivity index (χ4n) is 3.04. The Morgan fingerprint density at radius 1 is 0.932 bits per heavy atom. The Hall–Kier alpha value is -4.91. The molecule has 236 valence electrons. The lowest BCUT2D eigenvalue weighted by molar-refractivity contribution is -0.193. The maximum absolute atomic E-state index is 13.1. The van der Waals surface area contributed by atoms with Crippen molar-refractivity contribution in [3.8, 4) is 5.69 Å². The highest BCUT2D eigenvalue weighted by Crippen LogP contribution is 2.29. The summed E-state index contributed by atoms with van der Waals surface area (Å²) in [5, 5.41) is 15.0. The van der Waals surface area contributed by atoms with Crippen LogP contribution in [0.25, 0.3) is 16.6 Å². The number of carboxylic acids is 2. The SMILES string of the molecule is CN(c1ccccn1)S(=O)(=O)c1ccc(Cl)c(-n2c(N)c3ccccc3nc2=O)c1.O=C(O)C(F)(F)F.O=C(O)C(F)(F)F. The Bertz CT molecular complexity index is 1810. The predicted molar refractivity (Wildman–Crippen MR) is 144 cm³/mol. The molecule has 0 aliphatic carbocycles. The monoisotopic (exact) mass is 669 g/mol. The molecule has 0 atom stereocenters. The van der Waals surface area contributed by atoms with Crippen molar-refractivity contribution in [3.63, 3.8) is 0 Å². The fraction of sp³-hybridized carbons (Fsp3) is 0.125. The number of benzene rings is 2. The number of pyridine rings is 1. The van der Waals surface area contributed by atoms with Crippen molar-refractivity contribution in [1.82, 2.24) is 14.5 Å². The number of nitrogens with two attached hydrogens (primary N) is 1. The number of hydrogen-bond acceptors (Lipinski definition) is 8. The minimum Gasteiger partial charge on any atom is -0.475 e. The van der Waals surface area contributed by atoms with Gasteiger partial charge in [0, 0.05) is 18.6 Å². The van der Waals surface area contributed by atoms with E-state index in [1.54, 1.807) is 42.5 Å². The van der Waals surface area contributed by atoms with Gasteiger partial charge in [-0.3, -0.25) is 4.31 Å². The summed E-state index contributed by atoms with van der Waals surface area (Å²) < 4.78 is 91.9. The lowest BCUT2D eigenvalue weighted by Gasteiger charge is -2.19. The quantitative estimate of drug-likeness (QED) is 0.267. The summed E-state index contributed by atoms with van der Waals surface area (Å²) in [6.07, 6.45) is -8.67. The molecule has 0 amide bonds. The molecule has 0 saturated carbocycles. The van der Waals surface area contributed by atoms with Crippen molar-refractivity contribution in [2.45, 2.75) is 17.2 Å². The van der Waals surface area contributed by atoms with E-state index in [0.717, 1.165) is 8.87 Å². The molecule has 44 heavy (non-hydrogen) atoms. The van der Waals surface area contributed by atoms with Crippen LogP contribution in [0.15, 0.2) is 76.6 Å². The number of carbonyl (C=O) groups is 2. The van der Waals surface area contributed by atoms with Gasteiger partial charge in [-0.05, 0) is 42.5 Å². The standard InChI is InChI=1S/C20H16ClN5O3S.2C2HF3O2/c1-25(18-8-4-5-11-23-18)30(28,29)13-9-10-15(21)17(12-13)26-19(22)14-6-2-3-7-16(14)24-20(26)27;2*3-2(4,5)1(6)7/h2-12H,22H2,1H3;2*(H,6,7). The van der Waals surface area contributed by atoms with Crippen LogP contribution in [0.1, 0.15) is 0 Å². The molecule has 2 aromatic carbocycles. The molecular weight excluding hydrogens is 652 g/mol. The molecule has 2 aromatic heterocycles. The molecule has 0 bridgehead atoms. The lowest BCUT2D eigenvalue weighted by Crippen LogP contribution is -2.28. The molecular formula is C24H18ClF6N5O7S. The van der Waals surface area contributed by atoms with E-state index in [-0.39, 0.29) is 27.2 Å². The van der Waals surface area contributed by atoms with Crippen molar-refractivity contribution >= 4 is 56.1 Å². The van der Waals surface area contributed by atoms with Gasteiger partial charge in [-0.15, -0.1) is 0 Å². The number of alkyl halides is 6. The van der Waals surface area contributed by atoms with Gasteiger partial charge in [-0.2, -0.15) is 31.3 Å². The first-order chi connectivity index (χ1) is 20.2. The number of anilines is 2. The summed E-state index contributed by atoms with van der Waals surface area (Å²) in [7, 11) is -2.58. The summed E-state index contributed by atoms with van der Waals surface area (Å²) in [4.78, 5) is 38.5. The van der Waals surface area contributed by atoms with Crippen LogP contribution in [0.3, 0.4) is 0 Å². The number of rotatable bonds is 4. The predicted octanol–water partition coefficient (Wildman–Crippen LogP) is 4.11. The van der Waals surface area contributed by atoms with Gasteiger partial charge in [0.25, 0.3) is 10.0 Å². The highest BCUT2D eigenvalue weighted by molar-refractivity contribution is 7.92. The van der Waals surface area contributed by atoms with Crippen LogP contribution in [-0.4, -0.2) is 64.5 Å². The summed E-state index contributed by atoms with van der Waals surface area (Å²) in [5.41, 5.74) is 6.11. The topological polar surface area (TPSA) is 186 Å². The van der Waals surface area contributed by atoms with Gasteiger partial charge in [0.2, 0.25) is 0 Å². The van der Waals surface area contributed by atoms with Crippen LogP contribution in [0.2, 0.25) is 5.02 Å². The van der Waals surface area contributed by atoms with Crippen molar-refractivity contribution in [3.05, 3.63) is 82.4 Å². The Labute approximate surface area is 247 Å². The number of carboxylic acid groups (broad SMARTS) is 2. The van der Waals surface area contributed by atoms with Gasteiger partial charge < -0.3 is 15.9 Å². The third-order valence-electron chi connectivity index (χ3n) is 5.10. The highest BCUT2D eigenvalue weighted by atomic mass is 35.5. The van der Waals surface area contributed by atoms with E-state index in [1.165, 1.54) is 31.4 Å².